The van der Waals surface area contributed by atoms with Crippen LogP contribution in [-0.4, -0.2) is 36.6 Å². The molecule has 0 saturated heterocycles. The van der Waals surface area contributed by atoms with Gasteiger partial charge in [0.05, 0.1) is 0 Å². The molecule has 0 radical (unpaired) electrons. The molecule has 7 heteroatoms. The van der Waals surface area contributed by atoms with E-state index in [1.165, 1.54) is 6.08 Å². The van der Waals surface area contributed by atoms with Gasteiger partial charge in [0.1, 0.15) is 18.7 Å². The minimum atomic E-state index is -0.899. The Bertz CT molecular complexity index is 616. The lowest BCUT2D eigenvalue weighted by atomic mass is 10.0. The van der Waals surface area contributed by atoms with Crippen molar-refractivity contribution >= 4 is 17.9 Å². The van der Waals surface area contributed by atoms with Crippen LogP contribution in [0.4, 0.5) is 4.79 Å². The van der Waals surface area contributed by atoms with Crippen molar-refractivity contribution in [2.24, 2.45) is 11.7 Å². The third kappa shape index (κ3) is 7.83. The van der Waals surface area contributed by atoms with Crippen LogP contribution in [0.15, 0.2) is 43.0 Å². The molecule has 0 fully saturated rings. The number of alkyl carbamates (subject to hydrolysis) is 1. The predicted molar refractivity (Wildman–Crippen MR) is 99.2 cm³/mol. The molecule has 1 rings (SSSR count). The van der Waals surface area contributed by atoms with Crippen LogP contribution < -0.4 is 16.4 Å². The molecule has 4 N–H and O–H groups in total. The molecular weight excluding hydrogens is 334 g/mol. The number of carbonyl (C=O) groups excluding carboxylic acids is 3. The third-order valence-electron chi connectivity index (χ3n) is 3.59. The van der Waals surface area contributed by atoms with E-state index in [1.54, 1.807) is 0 Å². The highest BCUT2D eigenvalue weighted by molar-refractivity contribution is 5.90. The maximum atomic E-state index is 12.6. The average Bonchev–Trinajstić information content (AvgIpc) is 2.59. The molecule has 0 aliphatic carbocycles. The number of nitrogens with one attached hydrogen (secondary N) is 2. The largest absolute Gasteiger partial charge is 0.445 e. The van der Waals surface area contributed by atoms with Crippen LogP contribution in [0, 0.1) is 5.92 Å². The van der Waals surface area contributed by atoms with E-state index in [0.29, 0.717) is 6.42 Å². The SMILES string of the molecule is C=CCOC(=O)N[C@@H](Cc1ccccc1)C(=O)N[C@@H](CC(C)C)C(N)=O. The van der Waals surface area contributed by atoms with Crippen molar-refractivity contribution in [2.75, 3.05) is 6.61 Å². The molecule has 0 spiro atoms. The standard InChI is InChI=1S/C19H27N3O4/c1-4-10-26-19(25)22-16(12-14-8-6-5-7-9-14)18(24)21-15(17(20)23)11-13(2)3/h4-9,13,15-16H,1,10-12H2,2-3H3,(H2,20,23)(H,21,24)(H,22,25)/t15-,16-/m0/s1. The highest BCUT2D eigenvalue weighted by Crippen LogP contribution is 2.07. The summed E-state index contributed by atoms with van der Waals surface area (Å²) in [6, 6.07) is 7.52. The summed E-state index contributed by atoms with van der Waals surface area (Å²) in [6.07, 6.45) is 1.36. The van der Waals surface area contributed by atoms with Crippen molar-refractivity contribution in [1.29, 1.82) is 0 Å². The summed E-state index contributed by atoms with van der Waals surface area (Å²) < 4.78 is 4.89. The molecular formula is C19H27N3O4. The van der Waals surface area contributed by atoms with E-state index < -0.39 is 30.0 Å². The first-order valence-electron chi connectivity index (χ1n) is 8.51. The molecule has 0 heterocycles. The summed E-state index contributed by atoms with van der Waals surface area (Å²) in [5, 5.41) is 5.15. The molecule has 7 nitrogen and oxygen atoms in total. The number of carbonyl (C=O) groups is 3. The molecule has 2 atom stereocenters. The van der Waals surface area contributed by atoms with Crippen LogP contribution >= 0.6 is 0 Å². The molecule has 0 aliphatic heterocycles. The molecule has 0 bridgehead atoms. The molecule has 1 aromatic rings. The van der Waals surface area contributed by atoms with Crippen LogP contribution in [0.5, 0.6) is 0 Å². The number of ether oxygens (including phenoxy) is 1. The summed E-state index contributed by atoms with van der Waals surface area (Å²) in [7, 11) is 0. The van der Waals surface area contributed by atoms with Gasteiger partial charge in [0.2, 0.25) is 11.8 Å². The Labute approximate surface area is 154 Å². The van der Waals surface area contributed by atoms with Crippen molar-refractivity contribution in [1.82, 2.24) is 10.6 Å². The minimum Gasteiger partial charge on any atom is -0.445 e. The second-order valence-corrected chi connectivity index (χ2v) is 6.37. The van der Waals surface area contributed by atoms with Gasteiger partial charge in [0.25, 0.3) is 0 Å². The zero-order valence-corrected chi connectivity index (χ0v) is 15.2. The first-order chi connectivity index (χ1) is 12.3. The van der Waals surface area contributed by atoms with Gasteiger partial charge in [-0.25, -0.2) is 4.79 Å². The Hall–Kier alpha value is -2.83. The molecule has 0 unspecified atom stereocenters. The van der Waals surface area contributed by atoms with E-state index in [4.69, 9.17) is 10.5 Å². The summed E-state index contributed by atoms with van der Waals surface area (Å²) in [6.45, 7) is 7.35. The van der Waals surface area contributed by atoms with Crippen LogP contribution in [0.2, 0.25) is 0 Å². The van der Waals surface area contributed by atoms with E-state index in [2.05, 4.69) is 17.2 Å². The third-order valence-corrected chi connectivity index (χ3v) is 3.59. The summed E-state index contributed by atoms with van der Waals surface area (Å²) in [5.41, 5.74) is 6.23. The molecule has 3 amide bonds. The molecule has 0 aliphatic rings. The van der Waals surface area contributed by atoms with Crippen LogP contribution in [0.3, 0.4) is 0 Å². The number of nitrogens with two attached hydrogens (primary N) is 1. The Morgan fingerprint density at radius 3 is 2.35 bits per heavy atom. The maximum absolute atomic E-state index is 12.6. The van der Waals surface area contributed by atoms with E-state index in [0.717, 1.165) is 5.56 Å². The number of primary amides is 1. The van der Waals surface area contributed by atoms with Gasteiger partial charge < -0.3 is 21.1 Å². The van der Waals surface area contributed by atoms with Gasteiger partial charge in [0.15, 0.2) is 0 Å². The van der Waals surface area contributed by atoms with E-state index in [9.17, 15) is 14.4 Å². The minimum absolute atomic E-state index is 0.0305. The average molecular weight is 361 g/mol. The topological polar surface area (TPSA) is 111 Å². The molecule has 0 aromatic heterocycles. The fourth-order valence-electron chi connectivity index (χ4n) is 2.37. The van der Waals surface area contributed by atoms with Crippen molar-refractivity contribution < 1.29 is 19.1 Å². The highest BCUT2D eigenvalue weighted by atomic mass is 16.5. The van der Waals surface area contributed by atoms with Gasteiger partial charge in [-0.2, -0.15) is 0 Å². The molecule has 1 aromatic carbocycles. The number of benzene rings is 1. The van der Waals surface area contributed by atoms with E-state index >= 15 is 0 Å². The molecule has 26 heavy (non-hydrogen) atoms. The van der Waals surface area contributed by atoms with Crippen LogP contribution in [-0.2, 0) is 20.7 Å². The summed E-state index contributed by atoms with van der Waals surface area (Å²) in [4.78, 5) is 36.1. The van der Waals surface area contributed by atoms with Gasteiger partial charge in [-0.3, -0.25) is 9.59 Å². The van der Waals surface area contributed by atoms with Gasteiger partial charge in [-0.15, -0.1) is 0 Å². The molecule has 0 saturated carbocycles. The second kappa shape index (κ2) is 10.9. The van der Waals surface area contributed by atoms with Crippen LogP contribution in [0.25, 0.3) is 0 Å². The summed E-state index contributed by atoms with van der Waals surface area (Å²) in [5.74, 6) is -0.931. The monoisotopic (exact) mass is 361 g/mol. The van der Waals surface area contributed by atoms with Crippen molar-refractivity contribution in [3.8, 4) is 0 Å². The zero-order valence-electron chi connectivity index (χ0n) is 15.2. The smallest absolute Gasteiger partial charge is 0.408 e. The fraction of sp³-hybridized carbons (Fsp3) is 0.421. The van der Waals surface area contributed by atoms with Gasteiger partial charge >= 0.3 is 6.09 Å². The van der Waals surface area contributed by atoms with E-state index in [-0.39, 0.29) is 18.9 Å². The van der Waals surface area contributed by atoms with E-state index in [1.807, 2.05) is 44.2 Å². The molecule has 142 valence electrons. The van der Waals surface area contributed by atoms with Crippen molar-refractivity contribution in [2.45, 2.75) is 38.8 Å². The number of hydrogen-bond acceptors (Lipinski definition) is 4. The van der Waals surface area contributed by atoms with Crippen LogP contribution in [0.1, 0.15) is 25.8 Å². The second-order valence-electron chi connectivity index (χ2n) is 6.37. The Balaban J connectivity index is 2.86. The number of hydrogen-bond donors (Lipinski definition) is 3. The Morgan fingerprint density at radius 2 is 1.81 bits per heavy atom. The first kappa shape index (κ1) is 21.2. The highest BCUT2D eigenvalue weighted by Gasteiger charge is 2.26. The van der Waals surface area contributed by atoms with Crippen molar-refractivity contribution in [3.63, 3.8) is 0 Å². The lowest BCUT2D eigenvalue weighted by Gasteiger charge is -2.22. The van der Waals surface area contributed by atoms with Gasteiger partial charge in [0, 0.05) is 6.42 Å². The lowest BCUT2D eigenvalue weighted by molar-refractivity contribution is -0.128. The van der Waals surface area contributed by atoms with Crippen molar-refractivity contribution in [3.05, 3.63) is 48.6 Å². The van der Waals surface area contributed by atoms with Gasteiger partial charge in [-0.05, 0) is 17.9 Å². The first-order valence-corrected chi connectivity index (χ1v) is 8.51. The quantitative estimate of drug-likeness (QED) is 0.549. The maximum Gasteiger partial charge on any atom is 0.408 e. The van der Waals surface area contributed by atoms with Gasteiger partial charge in [-0.1, -0.05) is 56.8 Å². The number of amides is 3. The Morgan fingerprint density at radius 1 is 1.15 bits per heavy atom. The zero-order chi connectivity index (χ0) is 19.5. The summed E-state index contributed by atoms with van der Waals surface area (Å²) >= 11 is 0. The number of rotatable bonds is 10. The predicted octanol–water partition coefficient (Wildman–Crippen LogP) is 1.53. The Kier molecular flexibility index (Phi) is 8.91. The lowest BCUT2D eigenvalue weighted by Crippen LogP contribution is -2.54. The normalized spacial score (nSPS) is 12.7. The fourth-order valence-corrected chi connectivity index (χ4v) is 2.37.